The van der Waals surface area contributed by atoms with Gasteiger partial charge in [-0.25, -0.2) is 18.0 Å². The highest BCUT2D eigenvalue weighted by atomic mass is 32.2. The number of amides is 5. The maximum Gasteiger partial charge on any atom is 0.410 e. The second kappa shape index (κ2) is 16.5. The van der Waals surface area contributed by atoms with Gasteiger partial charge in [0.05, 0.1) is 24.9 Å². The molecule has 0 aromatic heterocycles. The molecular weight excluding hydrogens is 755 g/mol. The first-order valence-corrected chi connectivity index (χ1v) is 21.1. The van der Waals surface area contributed by atoms with Gasteiger partial charge in [-0.05, 0) is 80.6 Å². The third-order valence-electron chi connectivity index (χ3n) is 11.2. The monoisotopic (exact) mass is 807 g/mol. The molecule has 1 aromatic carbocycles. The van der Waals surface area contributed by atoms with Crippen LogP contribution < -0.4 is 15.4 Å². The number of benzene rings is 1. The standard InChI is InChI=1S/C41H53N5O10S/c1-6-28-20-41(28,37(50)44-57(53,54)31-14-15-31)43-35(48)34-19-30-22-46(34)36(49)33(16-13-29(47)18-25(2)3)42-38(51)55-24-40(4,5)17-8-7-10-26-11-9-12-27-21-45(23-32(26)27)39(52)56-30/h6-7,9-12,18,28,30-31,33-34H,1,8,13-17,19-24H2,2-5H3,(H,42,51)(H,43,48)(H,44,50)/b10-7+/t28-,30-,33+,34+,41-/m1/s1. The average molecular weight is 808 g/mol. The molecule has 0 radical (unpaired) electrons. The Morgan fingerprint density at radius 3 is 2.54 bits per heavy atom. The summed E-state index contributed by atoms with van der Waals surface area (Å²) < 4.78 is 39.1. The molecule has 57 heavy (non-hydrogen) atoms. The van der Waals surface area contributed by atoms with Crippen LogP contribution in [0.3, 0.4) is 0 Å². The van der Waals surface area contributed by atoms with Crippen molar-refractivity contribution in [2.45, 2.75) is 121 Å². The number of alkyl carbamates (subject to hydrolysis) is 1. The van der Waals surface area contributed by atoms with Crippen LogP contribution in [0.4, 0.5) is 9.59 Å². The van der Waals surface area contributed by atoms with E-state index in [1.165, 1.54) is 17.1 Å². The number of fused-ring (bicyclic) bond motifs is 3. The number of hydrogen-bond donors (Lipinski definition) is 3. The summed E-state index contributed by atoms with van der Waals surface area (Å²) in [6.45, 7) is 11.6. The molecule has 5 amide bonds. The van der Waals surface area contributed by atoms with Gasteiger partial charge in [0, 0.05) is 25.3 Å². The normalized spacial score (nSPS) is 27.9. The predicted molar refractivity (Wildman–Crippen MR) is 209 cm³/mol. The van der Waals surface area contributed by atoms with Gasteiger partial charge in [-0.15, -0.1) is 6.58 Å². The van der Waals surface area contributed by atoms with E-state index in [0.29, 0.717) is 38.8 Å². The van der Waals surface area contributed by atoms with E-state index in [1.807, 2.05) is 44.2 Å². The Kier molecular flexibility index (Phi) is 12.0. The van der Waals surface area contributed by atoms with Crippen LogP contribution in [0.2, 0.25) is 0 Å². The fourth-order valence-corrected chi connectivity index (χ4v) is 9.05. The van der Waals surface area contributed by atoms with Crippen molar-refractivity contribution in [2.24, 2.45) is 11.3 Å². The highest BCUT2D eigenvalue weighted by Crippen LogP contribution is 2.45. The Labute approximate surface area is 333 Å². The van der Waals surface area contributed by atoms with Crippen molar-refractivity contribution in [2.75, 3.05) is 13.2 Å². The SMILES string of the molecule is C=C[C@@H]1C[C@]1(NC(=O)[C@@H]1C[C@@H]2CN1C(=O)[C@H](CCC(=O)C=C(C)C)NC(=O)OCC(C)(C)CC/C=C/c1cccc3c1CN(C3)C(=O)O2)C(=O)NS(=O)(=O)C1CC1. The van der Waals surface area contributed by atoms with E-state index in [2.05, 4.69) is 21.9 Å². The number of carbonyl (C=O) groups is 6. The van der Waals surface area contributed by atoms with Gasteiger partial charge in [-0.1, -0.05) is 55.8 Å². The molecule has 4 bridgehead atoms. The molecule has 3 fully saturated rings. The topological polar surface area (TPSA) is 198 Å². The first kappa shape index (κ1) is 41.6. The lowest BCUT2D eigenvalue weighted by atomic mass is 9.88. The lowest BCUT2D eigenvalue weighted by Crippen LogP contribution is -2.58. The summed E-state index contributed by atoms with van der Waals surface area (Å²) in [7, 11) is -3.95. The second-order valence-electron chi connectivity index (χ2n) is 16.9. The van der Waals surface area contributed by atoms with Gasteiger partial charge in [0.2, 0.25) is 21.8 Å². The molecule has 2 saturated carbocycles. The van der Waals surface area contributed by atoms with Crippen molar-refractivity contribution < 1.29 is 46.7 Å². The summed E-state index contributed by atoms with van der Waals surface area (Å²) in [6.07, 6.45) is 6.37. The van der Waals surface area contributed by atoms with E-state index in [4.69, 9.17) is 9.47 Å². The van der Waals surface area contributed by atoms with E-state index < -0.39 is 80.2 Å². The molecule has 3 aliphatic heterocycles. The van der Waals surface area contributed by atoms with Crippen molar-refractivity contribution in [1.82, 2.24) is 25.2 Å². The van der Waals surface area contributed by atoms with Crippen molar-refractivity contribution >= 4 is 51.8 Å². The minimum atomic E-state index is -3.95. The minimum absolute atomic E-state index is 0.0395. The molecule has 3 N–H and O–H groups in total. The largest absolute Gasteiger partial charge is 0.449 e. The zero-order valence-corrected chi connectivity index (χ0v) is 33.8. The highest BCUT2D eigenvalue weighted by Gasteiger charge is 2.62. The third kappa shape index (κ3) is 9.77. The molecule has 1 aromatic rings. The van der Waals surface area contributed by atoms with Crippen LogP contribution in [0.15, 0.2) is 48.6 Å². The van der Waals surface area contributed by atoms with E-state index in [0.717, 1.165) is 22.3 Å². The van der Waals surface area contributed by atoms with Gasteiger partial charge < -0.3 is 25.0 Å². The van der Waals surface area contributed by atoms with Crippen LogP contribution in [0.5, 0.6) is 0 Å². The lowest BCUT2D eigenvalue weighted by molar-refractivity contribution is -0.141. The van der Waals surface area contributed by atoms with Crippen LogP contribution in [0.1, 0.15) is 95.8 Å². The van der Waals surface area contributed by atoms with Gasteiger partial charge in [0.1, 0.15) is 23.7 Å². The molecule has 308 valence electrons. The number of hydrogen-bond acceptors (Lipinski definition) is 10. The number of carbonyl (C=O) groups excluding carboxylic acids is 6. The van der Waals surface area contributed by atoms with E-state index in [-0.39, 0.29) is 44.6 Å². The molecule has 15 nitrogen and oxygen atoms in total. The Hall–Kier alpha value is -4.99. The van der Waals surface area contributed by atoms with Gasteiger partial charge in [-0.2, -0.15) is 0 Å². The maximum atomic E-state index is 14.5. The Balaban J connectivity index is 1.30. The Morgan fingerprint density at radius 1 is 1.11 bits per heavy atom. The number of ether oxygens (including phenoxy) is 2. The highest BCUT2D eigenvalue weighted by molar-refractivity contribution is 7.91. The van der Waals surface area contributed by atoms with Crippen molar-refractivity contribution in [3.63, 3.8) is 0 Å². The fraction of sp³-hybridized carbons (Fsp3) is 0.561. The quantitative estimate of drug-likeness (QED) is 0.229. The first-order valence-electron chi connectivity index (χ1n) is 19.6. The van der Waals surface area contributed by atoms with E-state index in [1.54, 1.807) is 18.7 Å². The van der Waals surface area contributed by atoms with Gasteiger partial charge in [0.15, 0.2) is 5.78 Å². The van der Waals surface area contributed by atoms with Crippen LogP contribution in [-0.2, 0) is 51.8 Å². The van der Waals surface area contributed by atoms with Crippen LogP contribution in [0, 0.1) is 11.3 Å². The number of ketones is 1. The number of rotatable bonds is 10. The van der Waals surface area contributed by atoms with Crippen molar-refractivity contribution in [3.8, 4) is 0 Å². The van der Waals surface area contributed by atoms with Gasteiger partial charge in [-0.3, -0.25) is 28.8 Å². The molecule has 0 unspecified atom stereocenters. The molecule has 5 aliphatic rings. The average Bonchev–Trinajstić information content (AvgIpc) is 4.04. The van der Waals surface area contributed by atoms with Crippen LogP contribution in [0.25, 0.3) is 6.08 Å². The van der Waals surface area contributed by atoms with Crippen LogP contribution >= 0.6 is 0 Å². The summed E-state index contributed by atoms with van der Waals surface area (Å²) in [4.78, 5) is 84.8. The number of cyclic esters (lactones) is 1. The molecule has 3 heterocycles. The molecular formula is C41H53N5O10S. The Bertz CT molecular complexity index is 2000. The predicted octanol–water partition coefficient (Wildman–Crippen LogP) is 4.02. The summed E-state index contributed by atoms with van der Waals surface area (Å²) in [6, 6.07) is 3.24. The van der Waals surface area contributed by atoms with E-state index >= 15 is 0 Å². The van der Waals surface area contributed by atoms with Gasteiger partial charge >= 0.3 is 12.2 Å². The van der Waals surface area contributed by atoms with Crippen molar-refractivity contribution in [3.05, 3.63) is 65.3 Å². The molecule has 2 aliphatic carbocycles. The molecule has 5 atom stereocenters. The Morgan fingerprint density at radius 2 is 1.86 bits per heavy atom. The zero-order valence-electron chi connectivity index (χ0n) is 33.0. The summed E-state index contributed by atoms with van der Waals surface area (Å²) in [5.41, 5.74) is 1.61. The minimum Gasteiger partial charge on any atom is -0.449 e. The second-order valence-corrected chi connectivity index (χ2v) is 18.8. The van der Waals surface area contributed by atoms with Crippen molar-refractivity contribution in [1.29, 1.82) is 0 Å². The van der Waals surface area contributed by atoms with Gasteiger partial charge in [0.25, 0.3) is 5.91 Å². The number of nitrogens with one attached hydrogen (secondary N) is 3. The fourth-order valence-electron chi connectivity index (χ4n) is 7.68. The summed E-state index contributed by atoms with van der Waals surface area (Å²) in [5.74, 6) is -3.26. The number of allylic oxidation sites excluding steroid dienone is 3. The smallest absolute Gasteiger partial charge is 0.410 e. The molecule has 6 rings (SSSR count). The van der Waals surface area contributed by atoms with E-state index in [9.17, 15) is 37.2 Å². The summed E-state index contributed by atoms with van der Waals surface area (Å²) >= 11 is 0. The zero-order chi connectivity index (χ0) is 41.3. The maximum absolute atomic E-state index is 14.5. The lowest BCUT2D eigenvalue weighted by Gasteiger charge is -2.30. The first-order chi connectivity index (χ1) is 26.9. The van der Waals surface area contributed by atoms with Crippen LogP contribution in [-0.4, -0.2) is 96.0 Å². The molecule has 0 spiro atoms. The number of nitrogens with zero attached hydrogens (tertiary/aromatic N) is 2. The molecule has 16 heteroatoms. The summed E-state index contributed by atoms with van der Waals surface area (Å²) in [5, 5.41) is 4.66. The number of sulfonamides is 1. The molecule has 1 saturated heterocycles. The third-order valence-corrected chi connectivity index (χ3v) is 13.1.